The van der Waals surface area contributed by atoms with E-state index in [1.807, 2.05) is 0 Å². The third-order valence-corrected chi connectivity index (χ3v) is 4.56. The van der Waals surface area contributed by atoms with E-state index in [0.717, 1.165) is 12.8 Å². The highest BCUT2D eigenvalue weighted by Crippen LogP contribution is 2.47. The van der Waals surface area contributed by atoms with Gasteiger partial charge in [0.25, 0.3) is 0 Å². The number of hydrogen-bond acceptors (Lipinski definition) is 5. The van der Waals surface area contributed by atoms with Crippen LogP contribution in [0.2, 0.25) is 0 Å². The van der Waals surface area contributed by atoms with Crippen LogP contribution in [0.1, 0.15) is 51.6 Å². The second kappa shape index (κ2) is 6.84. The Hall–Kier alpha value is -2.02. The van der Waals surface area contributed by atoms with Gasteiger partial charge in [-0.3, -0.25) is 14.9 Å². The molecule has 1 aromatic heterocycles. The Morgan fingerprint density at radius 1 is 1.46 bits per heavy atom. The van der Waals surface area contributed by atoms with Gasteiger partial charge in [0, 0.05) is 17.9 Å². The summed E-state index contributed by atoms with van der Waals surface area (Å²) in [5.74, 6) is -1.12. The number of aromatic nitrogens is 1. The lowest BCUT2D eigenvalue weighted by Crippen LogP contribution is -2.37. The molecule has 0 bridgehead atoms. The molecule has 0 radical (unpaired) electrons. The second-order valence-corrected chi connectivity index (χ2v) is 6.89. The molecule has 132 valence electrons. The van der Waals surface area contributed by atoms with E-state index < -0.39 is 17.1 Å². The Labute approximate surface area is 140 Å². The van der Waals surface area contributed by atoms with Crippen LogP contribution in [-0.2, 0) is 15.0 Å². The average Bonchev–Trinajstić information content (AvgIpc) is 3.19. The van der Waals surface area contributed by atoms with Gasteiger partial charge in [-0.15, -0.1) is 0 Å². The largest absolute Gasteiger partial charge is 0.395 e. The summed E-state index contributed by atoms with van der Waals surface area (Å²) in [6.07, 6.45) is 2.17. The highest BCUT2D eigenvalue weighted by Gasteiger charge is 2.46. The van der Waals surface area contributed by atoms with E-state index in [1.54, 1.807) is 6.07 Å². The lowest BCUT2D eigenvalue weighted by molar-refractivity contribution is -0.137. The van der Waals surface area contributed by atoms with Gasteiger partial charge in [-0.2, -0.15) is 0 Å². The van der Waals surface area contributed by atoms with Gasteiger partial charge in [-0.25, -0.2) is 4.39 Å². The summed E-state index contributed by atoms with van der Waals surface area (Å²) < 4.78 is 17.7. The average molecular weight is 338 g/mol. The molecule has 1 saturated carbocycles. The van der Waals surface area contributed by atoms with Crippen molar-refractivity contribution in [2.45, 2.75) is 51.4 Å². The minimum absolute atomic E-state index is 0.0171. The number of aliphatic hydroxyl groups is 1. The summed E-state index contributed by atoms with van der Waals surface area (Å²) in [5, 5.41) is 15.8. The molecule has 0 unspecified atom stereocenters. The van der Waals surface area contributed by atoms with Crippen LogP contribution in [-0.4, -0.2) is 28.6 Å². The van der Waals surface area contributed by atoms with Crippen LogP contribution < -0.4 is 5.32 Å². The number of rotatable bonds is 9. The first-order valence-electron chi connectivity index (χ1n) is 7.97. The molecule has 24 heavy (non-hydrogen) atoms. The maximum Gasteiger partial charge on any atom is 0.239 e. The fourth-order valence-corrected chi connectivity index (χ4v) is 2.38. The monoisotopic (exact) mass is 338 g/mol. The Kier molecular flexibility index (Phi) is 5.22. The maximum atomic E-state index is 12.6. The molecular formula is C17H23FN2O4. The number of carbonyl (C=O) groups excluding carboxylic acids is 2. The van der Waals surface area contributed by atoms with Crippen molar-refractivity contribution in [3.63, 3.8) is 0 Å². The minimum Gasteiger partial charge on any atom is -0.395 e. The number of amides is 1. The molecule has 0 atom stereocenters. The van der Waals surface area contributed by atoms with Crippen molar-refractivity contribution in [3.05, 3.63) is 24.2 Å². The van der Waals surface area contributed by atoms with Crippen molar-refractivity contribution in [2.75, 3.05) is 11.9 Å². The molecule has 0 spiro atoms. The Bertz CT molecular complexity index is 647. The molecule has 1 aliphatic rings. The zero-order chi connectivity index (χ0) is 18.0. The first-order valence-corrected chi connectivity index (χ1v) is 7.97. The predicted molar refractivity (Wildman–Crippen MR) is 86.0 cm³/mol. The van der Waals surface area contributed by atoms with E-state index in [0.29, 0.717) is 12.1 Å². The number of halogens is 1. The Morgan fingerprint density at radius 2 is 2.12 bits per heavy atom. The molecule has 6 nitrogen and oxygen atoms in total. The molecule has 1 aromatic rings. The highest BCUT2D eigenvalue weighted by atomic mass is 19.1. The molecule has 1 amide bonds. The zero-order valence-corrected chi connectivity index (χ0v) is 14.0. The van der Waals surface area contributed by atoms with E-state index in [2.05, 4.69) is 17.1 Å². The van der Waals surface area contributed by atoms with Crippen molar-refractivity contribution in [1.82, 2.24) is 5.16 Å². The Morgan fingerprint density at radius 3 is 2.67 bits per heavy atom. The standard InChI is InChI=1S/C17H23FN2O4/c1-11(18)5-4-6-13(22)16(2,3)15(23)19-14-9-12(20-24-14)17(10-21)7-8-17/h9,21H,1,4-8,10H2,2-3H3,(H,19,23). The lowest BCUT2D eigenvalue weighted by atomic mass is 9.84. The van der Waals surface area contributed by atoms with Gasteiger partial charge in [-0.05, 0) is 39.5 Å². The van der Waals surface area contributed by atoms with Crippen molar-refractivity contribution in [1.29, 1.82) is 0 Å². The van der Waals surface area contributed by atoms with E-state index in [1.165, 1.54) is 13.8 Å². The third-order valence-electron chi connectivity index (χ3n) is 4.56. The molecule has 2 rings (SSSR count). The molecular weight excluding hydrogens is 315 g/mol. The van der Waals surface area contributed by atoms with Gasteiger partial charge in [0.15, 0.2) is 0 Å². The molecule has 0 aliphatic heterocycles. The van der Waals surface area contributed by atoms with Crippen LogP contribution in [0, 0.1) is 5.41 Å². The van der Waals surface area contributed by atoms with Crippen molar-refractivity contribution >= 4 is 17.6 Å². The van der Waals surface area contributed by atoms with Crippen LogP contribution in [0.4, 0.5) is 10.3 Å². The summed E-state index contributed by atoms with van der Waals surface area (Å²) in [7, 11) is 0. The first kappa shape index (κ1) is 18.3. The number of Topliss-reactive ketones (excluding diaryl/α,β-unsaturated/α-hetero) is 1. The molecule has 1 fully saturated rings. The number of hydrogen-bond donors (Lipinski definition) is 2. The normalized spacial score (nSPS) is 15.8. The minimum atomic E-state index is -1.27. The highest BCUT2D eigenvalue weighted by molar-refractivity contribution is 6.10. The first-order chi connectivity index (χ1) is 11.2. The summed E-state index contributed by atoms with van der Waals surface area (Å²) >= 11 is 0. The second-order valence-electron chi connectivity index (χ2n) is 6.89. The van der Waals surface area contributed by atoms with E-state index in [4.69, 9.17) is 4.52 Å². The van der Waals surface area contributed by atoms with Crippen LogP contribution in [0.15, 0.2) is 23.0 Å². The van der Waals surface area contributed by atoms with Gasteiger partial charge in [0.2, 0.25) is 11.8 Å². The van der Waals surface area contributed by atoms with Gasteiger partial charge < -0.3 is 9.63 Å². The topological polar surface area (TPSA) is 92.4 Å². The fourth-order valence-electron chi connectivity index (χ4n) is 2.38. The molecule has 1 aliphatic carbocycles. The Balaban J connectivity index is 1.95. The van der Waals surface area contributed by atoms with Crippen LogP contribution >= 0.6 is 0 Å². The zero-order valence-electron chi connectivity index (χ0n) is 14.0. The van der Waals surface area contributed by atoms with E-state index in [-0.39, 0.29) is 36.5 Å². The van der Waals surface area contributed by atoms with E-state index >= 15 is 0 Å². The number of carbonyl (C=O) groups is 2. The van der Waals surface area contributed by atoms with Crippen LogP contribution in [0.25, 0.3) is 0 Å². The summed E-state index contributed by atoms with van der Waals surface area (Å²) in [4.78, 5) is 24.6. The number of ketones is 1. The lowest BCUT2D eigenvalue weighted by Gasteiger charge is -2.21. The number of anilines is 1. The predicted octanol–water partition coefficient (Wildman–Crippen LogP) is 2.89. The molecule has 0 aromatic carbocycles. The van der Waals surface area contributed by atoms with Crippen molar-refractivity contribution in [3.8, 4) is 0 Å². The SMILES string of the molecule is C=C(F)CCCC(=O)C(C)(C)C(=O)Nc1cc(C2(CO)CC2)no1. The third kappa shape index (κ3) is 3.90. The quantitative estimate of drug-likeness (QED) is 0.675. The number of allylic oxidation sites excluding steroid dienone is 1. The van der Waals surface area contributed by atoms with Crippen LogP contribution in [0.3, 0.4) is 0 Å². The summed E-state index contributed by atoms with van der Waals surface area (Å²) in [6, 6.07) is 1.58. The fraction of sp³-hybridized carbons (Fsp3) is 0.588. The van der Waals surface area contributed by atoms with Gasteiger partial charge >= 0.3 is 0 Å². The van der Waals surface area contributed by atoms with E-state index in [9.17, 15) is 19.1 Å². The number of nitrogens with zero attached hydrogens (tertiary/aromatic N) is 1. The van der Waals surface area contributed by atoms with Crippen LogP contribution in [0.5, 0.6) is 0 Å². The van der Waals surface area contributed by atoms with Gasteiger partial charge in [0.1, 0.15) is 11.2 Å². The van der Waals surface area contributed by atoms with Crippen molar-refractivity contribution < 1.29 is 23.6 Å². The molecule has 2 N–H and O–H groups in total. The maximum absolute atomic E-state index is 12.6. The number of nitrogens with one attached hydrogen (secondary N) is 1. The molecule has 0 saturated heterocycles. The molecule has 1 heterocycles. The summed E-state index contributed by atoms with van der Waals surface area (Å²) in [5.41, 5.74) is -1.02. The molecule has 7 heteroatoms. The van der Waals surface area contributed by atoms with Gasteiger partial charge in [-0.1, -0.05) is 11.7 Å². The summed E-state index contributed by atoms with van der Waals surface area (Å²) in [6.45, 7) is 6.16. The smallest absolute Gasteiger partial charge is 0.239 e. The van der Waals surface area contributed by atoms with Gasteiger partial charge in [0.05, 0.1) is 18.1 Å². The number of aliphatic hydroxyl groups excluding tert-OH is 1. The van der Waals surface area contributed by atoms with Crippen molar-refractivity contribution in [2.24, 2.45) is 5.41 Å².